The summed E-state index contributed by atoms with van der Waals surface area (Å²) < 4.78 is 5.47. The predicted octanol–water partition coefficient (Wildman–Crippen LogP) is 3.95. The normalized spacial score (nSPS) is 10.8. The monoisotopic (exact) mass is 412 g/mol. The summed E-state index contributed by atoms with van der Waals surface area (Å²) in [7, 11) is 0. The van der Waals surface area contributed by atoms with Gasteiger partial charge in [0.1, 0.15) is 5.75 Å². The van der Waals surface area contributed by atoms with Gasteiger partial charge in [-0.15, -0.1) is 0 Å². The first-order valence-electron chi connectivity index (χ1n) is 9.66. The van der Waals surface area contributed by atoms with E-state index < -0.39 is 0 Å². The number of nitrogens with one attached hydrogen (secondary N) is 3. The molecule has 0 unspecified atom stereocenters. The molecule has 0 atom stereocenters. The number of nitrogens with zero attached hydrogens (tertiary/aromatic N) is 1. The van der Waals surface area contributed by atoms with Crippen LogP contribution in [0.2, 0.25) is 0 Å². The van der Waals surface area contributed by atoms with Crippen LogP contribution >= 0.6 is 0 Å². The maximum absolute atomic E-state index is 12.3. The second-order valence-electron chi connectivity index (χ2n) is 6.72. The van der Waals surface area contributed by atoms with Crippen molar-refractivity contribution in [3.63, 3.8) is 0 Å². The van der Waals surface area contributed by atoms with Gasteiger partial charge < -0.3 is 15.0 Å². The number of rotatable bonds is 7. The van der Waals surface area contributed by atoms with E-state index in [1.165, 1.54) is 0 Å². The standard InChI is InChI=1S/C24H20N4O3/c29-23(27-19-6-2-1-3-7-19)16-31-20-12-10-17(11-13-20)24(30)28-26-15-18-14-25-22-9-5-4-8-21(18)22/h1-15,25H,16H2,(H,27,29)(H,28,30). The first-order valence-corrected chi connectivity index (χ1v) is 9.66. The third kappa shape index (κ3) is 5.16. The van der Waals surface area contributed by atoms with Gasteiger partial charge in [-0.2, -0.15) is 5.10 Å². The molecular formula is C24H20N4O3. The summed E-state index contributed by atoms with van der Waals surface area (Å²) in [5.74, 6) is -0.119. The molecule has 0 aliphatic rings. The molecule has 2 amide bonds. The van der Waals surface area contributed by atoms with E-state index in [-0.39, 0.29) is 18.4 Å². The Balaban J connectivity index is 1.28. The highest BCUT2D eigenvalue weighted by Crippen LogP contribution is 2.16. The molecule has 154 valence electrons. The minimum atomic E-state index is -0.343. The number of hydrazone groups is 1. The van der Waals surface area contributed by atoms with E-state index in [2.05, 4.69) is 20.8 Å². The second-order valence-corrected chi connectivity index (χ2v) is 6.72. The van der Waals surface area contributed by atoms with Gasteiger partial charge in [-0.25, -0.2) is 5.43 Å². The van der Waals surface area contributed by atoms with E-state index in [1.54, 1.807) is 42.6 Å². The van der Waals surface area contributed by atoms with E-state index in [1.807, 2.05) is 48.7 Å². The summed E-state index contributed by atoms with van der Waals surface area (Å²) in [6.45, 7) is -0.130. The second kappa shape index (κ2) is 9.41. The summed E-state index contributed by atoms with van der Waals surface area (Å²) in [5.41, 5.74) is 5.53. The number of benzene rings is 3. The molecule has 0 aliphatic heterocycles. The minimum absolute atomic E-state index is 0.130. The van der Waals surface area contributed by atoms with Crippen molar-refractivity contribution in [2.75, 3.05) is 11.9 Å². The van der Waals surface area contributed by atoms with Crippen LogP contribution < -0.4 is 15.5 Å². The van der Waals surface area contributed by atoms with Gasteiger partial charge in [0, 0.05) is 33.9 Å². The van der Waals surface area contributed by atoms with Crippen LogP contribution in [0.25, 0.3) is 10.9 Å². The Morgan fingerprint density at radius 3 is 2.48 bits per heavy atom. The van der Waals surface area contributed by atoms with Crippen molar-refractivity contribution >= 4 is 34.6 Å². The molecule has 0 aliphatic carbocycles. The lowest BCUT2D eigenvalue weighted by molar-refractivity contribution is -0.118. The maximum Gasteiger partial charge on any atom is 0.271 e. The number of amides is 2. The van der Waals surface area contributed by atoms with Crippen molar-refractivity contribution in [3.8, 4) is 5.75 Å². The van der Waals surface area contributed by atoms with E-state index in [9.17, 15) is 9.59 Å². The van der Waals surface area contributed by atoms with Crippen LogP contribution in [0, 0.1) is 0 Å². The number of hydrogen-bond donors (Lipinski definition) is 3. The molecule has 0 fully saturated rings. The van der Waals surface area contributed by atoms with Crippen molar-refractivity contribution in [1.82, 2.24) is 10.4 Å². The van der Waals surface area contributed by atoms with Crippen molar-refractivity contribution in [1.29, 1.82) is 0 Å². The van der Waals surface area contributed by atoms with Crippen LogP contribution in [0.5, 0.6) is 5.75 Å². The lowest BCUT2D eigenvalue weighted by Gasteiger charge is -2.08. The van der Waals surface area contributed by atoms with Gasteiger partial charge in [-0.05, 0) is 42.5 Å². The molecule has 4 rings (SSSR count). The number of hydrogen-bond acceptors (Lipinski definition) is 4. The summed E-state index contributed by atoms with van der Waals surface area (Å²) >= 11 is 0. The first kappa shape index (κ1) is 19.9. The van der Waals surface area contributed by atoms with Crippen LogP contribution in [-0.4, -0.2) is 29.6 Å². The Hall–Kier alpha value is -4.39. The molecule has 0 spiro atoms. The molecule has 7 heteroatoms. The number of carbonyl (C=O) groups excluding carboxylic acids is 2. The van der Waals surface area contributed by atoms with Gasteiger partial charge in [0.25, 0.3) is 11.8 Å². The van der Waals surface area contributed by atoms with Gasteiger partial charge in [0.05, 0.1) is 6.21 Å². The zero-order valence-corrected chi connectivity index (χ0v) is 16.5. The first-order chi connectivity index (χ1) is 15.2. The summed E-state index contributed by atoms with van der Waals surface area (Å²) in [5, 5.41) is 7.80. The predicted molar refractivity (Wildman–Crippen MR) is 120 cm³/mol. The van der Waals surface area contributed by atoms with Crippen LogP contribution in [-0.2, 0) is 4.79 Å². The molecule has 0 bridgehead atoms. The number of para-hydroxylation sites is 2. The van der Waals surface area contributed by atoms with Crippen molar-refractivity contribution < 1.29 is 14.3 Å². The van der Waals surface area contributed by atoms with Gasteiger partial charge in [-0.3, -0.25) is 9.59 Å². The molecule has 3 aromatic carbocycles. The molecule has 31 heavy (non-hydrogen) atoms. The van der Waals surface area contributed by atoms with Crippen LogP contribution in [0.15, 0.2) is 90.2 Å². The van der Waals surface area contributed by atoms with E-state index >= 15 is 0 Å². The Bertz CT molecular complexity index is 1210. The number of ether oxygens (including phenoxy) is 1. The highest BCUT2D eigenvalue weighted by molar-refractivity contribution is 6.00. The zero-order valence-electron chi connectivity index (χ0n) is 16.5. The molecule has 0 saturated carbocycles. The maximum atomic E-state index is 12.3. The highest BCUT2D eigenvalue weighted by atomic mass is 16.5. The molecule has 3 N–H and O–H groups in total. The Morgan fingerprint density at radius 2 is 1.68 bits per heavy atom. The molecular weight excluding hydrogens is 392 g/mol. The molecule has 1 heterocycles. The molecule has 1 aromatic heterocycles. The molecule has 4 aromatic rings. The number of carbonyl (C=O) groups is 2. The smallest absolute Gasteiger partial charge is 0.271 e. The fourth-order valence-corrected chi connectivity index (χ4v) is 3.00. The van der Waals surface area contributed by atoms with E-state index in [0.717, 1.165) is 16.5 Å². The van der Waals surface area contributed by atoms with Crippen molar-refractivity contribution in [3.05, 3.63) is 96.2 Å². The fraction of sp³-hybridized carbons (Fsp3) is 0.0417. The number of fused-ring (bicyclic) bond motifs is 1. The number of aromatic amines is 1. The minimum Gasteiger partial charge on any atom is -0.484 e. The van der Waals surface area contributed by atoms with Gasteiger partial charge in [-0.1, -0.05) is 36.4 Å². The number of aromatic nitrogens is 1. The van der Waals surface area contributed by atoms with Gasteiger partial charge >= 0.3 is 0 Å². The van der Waals surface area contributed by atoms with Crippen LogP contribution in [0.4, 0.5) is 5.69 Å². The Labute approximate surface area is 178 Å². The van der Waals surface area contributed by atoms with Gasteiger partial charge in [0.2, 0.25) is 0 Å². The quantitative estimate of drug-likeness (QED) is 0.317. The lowest BCUT2D eigenvalue weighted by Crippen LogP contribution is -2.20. The third-order valence-corrected chi connectivity index (χ3v) is 4.53. The number of H-pyrrole nitrogens is 1. The molecule has 0 saturated heterocycles. The fourth-order valence-electron chi connectivity index (χ4n) is 3.00. The van der Waals surface area contributed by atoms with Crippen molar-refractivity contribution in [2.45, 2.75) is 0 Å². The largest absolute Gasteiger partial charge is 0.484 e. The Morgan fingerprint density at radius 1 is 0.935 bits per heavy atom. The number of anilines is 1. The summed E-state index contributed by atoms with van der Waals surface area (Å²) in [4.78, 5) is 27.4. The topological polar surface area (TPSA) is 95.6 Å². The summed E-state index contributed by atoms with van der Waals surface area (Å²) in [6.07, 6.45) is 3.43. The third-order valence-electron chi connectivity index (χ3n) is 4.53. The molecule has 7 nitrogen and oxygen atoms in total. The van der Waals surface area contributed by atoms with E-state index in [4.69, 9.17) is 4.74 Å². The average Bonchev–Trinajstić information content (AvgIpc) is 3.22. The highest BCUT2D eigenvalue weighted by Gasteiger charge is 2.07. The Kier molecular flexibility index (Phi) is 6.04. The average molecular weight is 412 g/mol. The van der Waals surface area contributed by atoms with Crippen LogP contribution in [0.1, 0.15) is 15.9 Å². The van der Waals surface area contributed by atoms with Crippen LogP contribution in [0.3, 0.4) is 0 Å². The zero-order chi connectivity index (χ0) is 21.5. The summed E-state index contributed by atoms with van der Waals surface area (Å²) in [6, 6.07) is 23.5. The molecule has 0 radical (unpaired) electrons. The SMILES string of the molecule is O=C(COc1ccc(C(=O)NN=Cc2c[nH]c3ccccc23)cc1)Nc1ccccc1. The van der Waals surface area contributed by atoms with Gasteiger partial charge in [0.15, 0.2) is 6.61 Å². The lowest BCUT2D eigenvalue weighted by atomic mass is 10.2. The van der Waals surface area contributed by atoms with E-state index in [0.29, 0.717) is 17.0 Å². The van der Waals surface area contributed by atoms with Crippen molar-refractivity contribution in [2.24, 2.45) is 5.10 Å².